The Morgan fingerprint density at radius 1 is 1.31 bits per heavy atom. The van der Waals surface area contributed by atoms with E-state index in [0.717, 1.165) is 13.1 Å². The molecule has 0 aromatic heterocycles. The number of benzene rings is 1. The summed E-state index contributed by atoms with van der Waals surface area (Å²) in [5.41, 5.74) is 6.90. The Morgan fingerprint density at radius 2 is 1.92 bits per heavy atom. The molecule has 1 rings (SSSR count). The van der Waals surface area contributed by atoms with Crippen LogP contribution in [0.4, 0.5) is 0 Å². The molecule has 0 radical (unpaired) electrons. The third-order valence-electron chi connectivity index (χ3n) is 1.64. The summed E-state index contributed by atoms with van der Waals surface area (Å²) < 4.78 is 0. The maximum absolute atomic E-state index is 5.59. The van der Waals surface area contributed by atoms with Crippen LogP contribution in [0.15, 0.2) is 30.3 Å². The normalized spacial score (nSPS) is 11.8. The van der Waals surface area contributed by atoms with Crippen molar-refractivity contribution in [2.75, 3.05) is 6.54 Å². The van der Waals surface area contributed by atoms with Gasteiger partial charge < -0.3 is 17.2 Å². The van der Waals surface area contributed by atoms with Crippen molar-refractivity contribution >= 4 is 0 Å². The van der Waals surface area contributed by atoms with E-state index in [2.05, 4.69) is 17.4 Å². The minimum absolute atomic E-state index is 0. The van der Waals surface area contributed by atoms with Crippen LogP contribution >= 0.6 is 0 Å². The fraction of sp³-hybridized carbons (Fsp3) is 0.400. The molecule has 1 atom stereocenters. The quantitative estimate of drug-likeness (QED) is 0.655. The molecule has 0 aliphatic carbocycles. The van der Waals surface area contributed by atoms with Gasteiger partial charge in [-0.1, -0.05) is 30.3 Å². The van der Waals surface area contributed by atoms with Crippen LogP contribution in [-0.2, 0) is 6.54 Å². The second-order valence-electron chi connectivity index (χ2n) is 3.09. The number of hydrogen-bond acceptors (Lipinski definition) is 3. The number of rotatable bonds is 4. The van der Waals surface area contributed by atoms with Gasteiger partial charge in [0.15, 0.2) is 0 Å². The number of hydrogen-bond donors (Lipinski definition) is 3. The Bertz CT molecular complexity index is 209. The molecule has 0 aliphatic rings. The fourth-order valence-electron chi connectivity index (χ4n) is 1.04. The fourth-order valence-corrected chi connectivity index (χ4v) is 1.04. The van der Waals surface area contributed by atoms with Gasteiger partial charge in [0, 0.05) is 19.1 Å². The topological polar surface area (TPSA) is 73.0 Å². The van der Waals surface area contributed by atoms with E-state index in [1.54, 1.807) is 0 Å². The van der Waals surface area contributed by atoms with E-state index in [-0.39, 0.29) is 12.2 Å². The van der Waals surface area contributed by atoms with Crippen molar-refractivity contribution in [2.24, 2.45) is 5.73 Å². The molecule has 1 aromatic carbocycles. The van der Waals surface area contributed by atoms with Gasteiger partial charge in [-0.05, 0) is 12.5 Å². The number of nitrogens with one attached hydrogen (secondary N) is 1. The van der Waals surface area contributed by atoms with Crippen LogP contribution in [0, 0.1) is 0 Å². The van der Waals surface area contributed by atoms with E-state index < -0.39 is 0 Å². The molecule has 0 amide bonds. The summed E-state index contributed by atoms with van der Waals surface area (Å²) in [7, 11) is 0. The first-order valence-corrected chi connectivity index (χ1v) is 4.29. The molecule has 3 nitrogen and oxygen atoms in total. The maximum atomic E-state index is 5.59. The lowest BCUT2D eigenvalue weighted by Gasteiger charge is -2.06. The molecule has 0 aliphatic heterocycles. The average Bonchev–Trinajstić information content (AvgIpc) is 2.05. The molecule has 6 N–H and O–H groups in total. The average molecular weight is 181 g/mol. The van der Waals surface area contributed by atoms with Crippen LogP contribution in [0.1, 0.15) is 12.5 Å². The zero-order chi connectivity index (χ0) is 8.81. The van der Waals surface area contributed by atoms with Crippen LogP contribution in [0.5, 0.6) is 0 Å². The molecule has 74 valence electrons. The molecule has 0 spiro atoms. The van der Waals surface area contributed by atoms with Crippen LogP contribution < -0.4 is 17.2 Å². The monoisotopic (exact) mass is 181 g/mol. The molecule has 0 bridgehead atoms. The molecule has 3 heteroatoms. The van der Waals surface area contributed by atoms with Crippen molar-refractivity contribution in [1.29, 1.82) is 0 Å². The zero-order valence-corrected chi connectivity index (χ0v) is 8.16. The van der Waals surface area contributed by atoms with Crippen LogP contribution in [0.2, 0.25) is 0 Å². The molecule has 13 heavy (non-hydrogen) atoms. The van der Waals surface area contributed by atoms with E-state index in [4.69, 9.17) is 5.73 Å². The van der Waals surface area contributed by atoms with Crippen LogP contribution in [0.25, 0.3) is 0 Å². The molecular formula is C10H19N3. The molecule has 0 saturated heterocycles. The Labute approximate surface area is 79.9 Å². The minimum Gasteiger partial charge on any atom is -0.344 e. The van der Waals surface area contributed by atoms with Crippen molar-refractivity contribution < 1.29 is 0 Å². The number of nitrogens with two attached hydrogens (primary N) is 1. The Hall–Kier alpha value is -0.900. The van der Waals surface area contributed by atoms with E-state index in [0.29, 0.717) is 0 Å². The largest absolute Gasteiger partial charge is 0.344 e. The van der Waals surface area contributed by atoms with Crippen LogP contribution in [0.3, 0.4) is 0 Å². The summed E-state index contributed by atoms with van der Waals surface area (Å²) in [6.45, 7) is 3.77. The van der Waals surface area contributed by atoms with Gasteiger partial charge in [0.2, 0.25) is 0 Å². The van der Waals surface area contributed by atoms with Crippen molar-refractivity contribution in [2.45, 2.75) is 19.5 Å². The maximum Gasteiger partial charge on any atom is 0.0206 e. The lowest BCUT2D eigenvalue weighted by Crippen LogP contribution is -2.30. The summed E-state index contributed by atoms with van der Waals surface area (Å²) >= 11 is 0. The molecule has 0 saturated carbocycles. The summed E-state index contributed by atoms with van der Waals surface area (Å²) in [5, 5.41) is 3.28. The van der Waals surface area contributed by atoms with E-state index in [1.165, 1.54) is 5.56 Å². The van der Waals surface area contributed by atoms with Gasteiger partial charge in [-0.25, -0.2) is 0 Å². The third kappa shape index (κ3) is 5.36. The molecule has 0 heterocycles. The van der Waals surface area contributed by atoms with Gasteiger partial charge in [-0.3, -0.25) is 0 Å². The zero-order valence-electron chi connectivity index (χ0n) is 8.16. The summed E-state index contributed by atoms with van der Waals surface area (Å²) in [5.74, 6) is 0. The van der Waals surface area contributed by atoms with Gasteiger partial charge in [0.25, 0.3) is 0 Å². The highest BCUT2D eigenvalue weighted by atomic mass is 14.9. The molecule has 1 unspecified atom stereocenters. The Morgan fingerprint density at radius 3 is 2.46 bits per heavy atom. The summed E-state index contributed by atoms with van der Waals surface area (Å²) in [6, 6.07) is 10.6. The molecular weight excluding hydrogens is 162 g/mol. The highest BCUT2D eigenvalue weighted by Crippen LogP contribution is 1.96. The highest BCUT2D eigenvalue weighted by Gasteiger charge is 1.93. The van der Waals surface area contributed by atoms with Gasteiger partial charge >= 0.3 is 0 Å². The first-order chi connectivity index (χ1) is 5.79. The summed E-state index contributed by atoms with van der Waals surface area (Å²) in [4.78, 5) is 0. The van der Waals surface area contributed by atoms with Crippen molar-refractivity contribution in [3.05, 3.63) is 35.9 Å². The van der Waals surface area contributed by atoms with E-state index >= 15 is 0 Å². The SMILES string of the molecule is CC(N)CNCc1ccccc1.N. The van der Waals surface area contributed by atoms with E-state index in [9.17, 15) is 0 Å². The van der Waals surface area contributed by atoms with Crippen LogP contribution in [-0.4, -0.2) is 12.6 Å². The van der Waals surface area contributed by atoms with Gasteiger partial charge in [-0.15, -0.1) is 0 Å². The lowest BCUT2D eigenvalue weighted by molar-refractivity contribution is 0.608. The Kier molecular flexibility index (Phi) is 6.14. The molecule has 1 aromatic rings. The standard InChI is InChI=1S/C10H16N2.H3N/c1-9(11)7-12-8-10-5-3-2-4-6-10;/h2-6,9,12H,7-8,11H2,1H3;1H3. The lowest BCUT2D eigenvalue weighted by atomic mass is 10.2. The van der Waals surface area contributed by atoms with Gasteiger partial charge in [0.1, 0.15) is 0 Å². The third-order valence-corrected chi connectivity index (χ3v) is 1.64. The van der Waals surface area contributed by atoms with E-state index in [1.807, 2.05) is 25.1 Å². The Balaban J connectivity index is 0.00000144. The molecule has 0 fully saturated rings. The van der Waals surface area contributed by atoms with Crippen molar-refractivity contribution in [3.8, 4) is 0 Å². The highest BCUT2D eigenvalue weighted by molar-refractivity contribution is 5.14. The smallest absolute Gasteiger partial charge is 0.0206 e. The first-order valence-electron chi connectivity index (χ1n) is 4.29. The second-order valence-corrected chi connectivity index (χ2v) is 3.09. The summed E-state index contributed by atoms with van der Waals surface area (Å²) in [6.07, 6.45) is 0. The van der Waals surface area contributed by atoms with Crippen molar-refractivity contribution in [3.63, 3.8) is 0 Å². The van der Waals surface area contributed by atoms with Gasteiger partial charge in [0.05, 0.1) is 0 Å². The van der Waals surface area contributed by atoms with Gasteiger partial charge in [-0.2, -0.15) is 0 Å². The predicted octanol–water partition coefficient (Wildman–Crippen LogP) is 1.29. The predicted molar refractivity (Wildman–Crippen MR) is 56.8 cm³/mol. The second kappa shape index (κ2) is 6.60. The minimum atomic E-state index is 0. The van der Waals surface area contributed by atoms with Crippen molar-refractivity contribution in [1.82, 2.24) is 11.5 Å². The first kappa shape index (κ1) is 12.1.